The molecule has 0 aliphatic carbocycles. The van der Waals surface area contributed by atoms with Gasteiger partial charge in [-0.1, -0.05) is 22.9 Å². The van der Waals surface area contributed by atoms with Crippen LogP contribution in [0.15, 0.2) is 35.1 Å². The lowest BCUT2D eigenvalue weighted by atomic mass is 10.1. The van der Waals surface area contributed by atoms with Gasteiger partial charge in [0.15, 0.2) is 5.82 Å². The minimum absolute atomic E-state index is 0.00998. The van der Waals surface area contributed by atoms with Crippen molar-refractivity contribution in [2.45, 2.75) is 32.9 Å². The molecule has 29 heavy (non-hydrogen) atoms. The van der Waals surface area contributed by atoms with Crippen LogP contribution in [0.2, 0.25) is 0 Å². The Balaban J connectivity index is 2.08. The van der Waals surface area contributed by atoms with Crippen molar-refractivity contribution in [2.75, 3.05) is 11.9 Å². The molecule has 0 bridgehead atoms. The fraction of sp³-hybridized carbons (Fsp3) is 0.300. The van der Waals surface area contributed by atoms with Gasteiger partial charge in [-0.15, -0.1) is 0 Å². The van der Waals surface area contributed by atoms with Gasteiger partial charge in [0.2, 0.25) is 0 Å². The summed E-state index contributed by atoms with van der Waals surface area (Å²) in [7, 11) is 0. The van der Waals surface area contributed by atoms with Gasteiger partial charge in [-0.05, 0) is 37.6 Å². The van der Waals surface area contributed by atoms with Gasteiger partial charge in [0.05, 0.1) is 41.4 Å². The molecule has 0 saturated carbocycles. The Morgan fingerprint density at radius 3 is 2.72 bits per heavy atom. The Bertz CT molecular complexity index is 1050. The van der Waals surface area contributed by atoms with E-state index in [9.17, 15) is 9.18 Å². The number of aromatic nitrogens is 2. The van der Waals surface area contributed by atoms with Crippen molar-refractivity contribution in [3.63, 3.8) is 0 Å². The molecule has 1 atom stereocenters. The second kappa shape index (κ2) is 8.87. The summed E-state index contributed by atoms with van der Waals surface area (Å²) in [5, 5.41) is 2.65. The third-order valence-electron chi connectivity index (χ3n) is 4.57. The minimum Gasteiger partial charge on any atom is -0.377 e. The summed E-state index contributed by atoms with van der Waals surface area (Å²) in [4.78, 5) is 16.2. The number of benzene rings is 2. The minimum atomic E-state index is -0.838. The molecule has 3 rings (SSSR count). The lowest BCUT2D eigenvalue weighted by Gasteiger charge is -2.17. The smallest absolute Gasteiger partial charge is 0.251 e. The molecule has 1 amide bonds. The Hall–Kier alpha value is -2.52. The fourth-order valence-electron chi connectivity index (χ4n) is 3.10. The third-order valence-corrected chi connectivity index (χ3v) is 5.06. The number of nitrogens with two attached hydrogens (primary N) is 1. The predicted octanol–water partition coefficient (Wildman–Crippen LogP) is 4.73. The molecule has 0 saturated heterocycles. The van der Waals surface area contributed by atoms with Crippen LogP contribution in [0.4, 0.5) is 20.2 Å². The molecule has 9 heteroatoms. The average Bonchev–Trinajstić information content (AvgIpc) is 3.08. The number of hydrogen-bond donors (Lipinski definition) is 2. The number of ether oxygens (including phenoxy) is 1. The van der Waals surface area contributed by atoms with Gasteiger partial charge < -0.3 is 20.4 Å². The molecule has 1 unspecified atom stereocenters. The zero-order valence-electron chi connectivity index (χ0n) is 16.0. The van der Waals surface area contributed by atoms with E-state index in [4.69, 9.17) is 10.5 Å². The van der Waals surface area contributed by atoms with Gasteiger partial charge in [-0.25, -0.2) is 13.8 Å². The number of halogens is 3. The van der Waals surface area contributed by atoms with Crippen molar-refractivity contribution < 1.29 is 18.3 Å². The highest BCUT2D eigenvalue weighted by molar-refractivity contribution is 9.10. The molecule has 6 nitrogen and oxygen atoms in total. The van der Waals surface area contributed by atoms with E-state index in [0.29, 0.717) is 23.1 Å². The zero-order valence-corrected chi connectivity index (χ0v) is 17.6. The van der Waals surface area contributed by atoms with Gasteiger partial charge in [0, 0.05) is 11.1 Å². The van der Waals surface area contributed by atoms with Crippen LogP contribution in [0.3, 0.4) is 0 Å². The summed E-state index contributed by atoms with van der Waals surface area (Å²) in [6, 6.07) is 5.72. The lowest BCUT2D eigenvalue weighted by molar-refractivity contribution is 0.0487. The Morgan fingerprint density at radius 2 is 2.10 bits per heavy atom. The van der Waals surface area contributed by atoms with E-state index in [-0.39, 0.29) is 28.6 Å². The summed E-state index contributed by atoms with van der Waals surface area (Å²) in [6.07, 6.45) is 2.18. The molecule has 0 aliphatic heterocycles. The number of rotatable bonds is 8. The monoisotopic (exact) mass is 466 g/mol. The van der Waals surface area contributed by atoms with Crippen LogP contribution >= 0.6 is 15.9 Å². The van der Waals surface area contributed by atoms with Crippen LogP contribution in [0.25, 0.3) is 11.0 Å². The highest BCUT2D eigenvalue weighted by atomic mass is 79.9. The maximum Gasteiger partial charge on any atom is 0.251 e. The summed E-state index contributed by atoms with van der Waals surface area (Å²) in [5.41, 5.74) is 5.65. The molecule has 1 aromatic heterocycles. The van der Waals surface area contributed by atoms with Crippen LogP contribution in [-0.4, -0.2) is 28.2 Å². The third kappa shape index (κ3) is 4.40. The first-order valence-corrected chi connectivity index (χ1v) is 9.95. The van der Waals surface area contributed by atoms with E-state index in [1.165, 1.54) is 24.5 Å². The van der Waals surface area contributed by atoms with Gasteiger partial charge in [0.1, 0.15) is 11.3 Å². The maximum absolute atomic E-state index is 15.3. The van der Waals surface area contributed by atoms with Crippen molar-refractivity contribution in [1.29, 1.82) is 0 Å². The number of carbonyl (C=O) groups excluding carboxylic acids is 1. The summed E-state index contributed by atoms with van der Waals surface area (Å²) in [6.45, 7) is 4.90. The van der Waals surface area contributed by atoms with Gasteiger partial charge in [-0.2, -0.15) is 0 Å². The standard InChI is InChI=1S/C20H21BrF2N4O2/c1-3-12(29-4-2)9-27-10-25-19-16(27)8-13(20(24)28)18(17(19)23)26-15-6-5-11(21)7-14(15)22/h5-8,10,12,26H,3-4,9H2,1-2H3,(H2,24,28). The largest absolute Gasteiger partial charge is 0.377 e. The first-order chi connectivity index (χ1) is 13.8. The molecule has 3 N–H and O–H groups in total. The van der Waals surface area contributed by atoms with Crippen molar-refractivity contribution in [3.8, 4) is 0 Å². The Labute approximate surface area is 175 Å². The Morgan fingerprint density at radius 1 is 1.34 bits per heavy atom. The quantitative estimate of drug-likeness (QED) is 0.502. The number of nitrogens with one attached hydrogen (secondary N) is 1. The fourth-order valence-corrected chi connectivity index (χ4v) is 3.43. The van der Waals surface area contributed by atoms with E-state index >= 15 is 4.39 Å². The second-order valence-electron chi connectivity index (χ2n) is 6.48. The molecule has 0 radical (unpaired) electrons. The molecule has 154 valence electrons. The van der Waals surface area contributed by atoms with Crippen LogP contribution < -0.4 is 11.1 Å². The molecule has 0 fully saturated rings. The number of hydrogen-bond acceptors (Lipinski definition) is 4. The van der Waals surface area contributed by atoms with Crippen LogP contribution in [0.5, 0.6) is 0 Å². The SMILES string of the molecule is CCOC(CC)Cn1cnc2c(F)c(Nc3ccc(Br)cc3F)c(C(N)=O)cc21. The predicted molar refractivity (Wildman–Crippen MR) is 111 cm³/mol. The number of carbonyl (C=O) groups is 1. The summed E-state index contributed by atoms with van der Waals surface area (Å²) in [5.74, 6) is -2.22. The summed E-state index contributed by atoms with van der Waals surface area (Å²) >= 11 is 3.17. The Kier molecular flexibility index (Phi) is 6.49. The van der Waals surface area contributed by atoms with E-state index in [1.54, 1.807) is 10.6 Å². The van der Waals surface area contributed by atoms with E-state index in [2.05, 4.69) is 26.2 Å². The molecule has 2 aromatic carbocycles. The molecular weight excluding hydrogens is 446 g/mol. The number of nitrogens with zero attached hydrogens (tertiary/aromatic N) is 2. The van der Waals surface area contributed by atoms with Crippen LogP contribution in [0, 0.1) is 11.6 Å². The molecule has 3 aromatic rings. The molecule has 0 aliphatic rings. The topological polar surface area (TPSA) is 82.2 Å². The highest BCUT2D eigenvalue weighted by Crippen LogP contribution is 2.32. The second-order valence-corrected chi connectivity index (χ2v) is 7.39. The molecule has 0 spiro atoms. The summed E-state index contributed by atoms with van der Waals surface area (Å²) < 4.78 is 37.4. The molecular formula is C20H21BrF2N4O2. The van der Waals surface area contributed by atoms with Crippen molar-refractivity contribution in [1.82, 2.24) is 9.55 Å². The normalized spacial score (nSPS) is 12.3. The van der Waals surface area contributed by atoms with E-state index in [0.717, 1.165) is 6.42 Å². The van der Waals surface area contributed by atoms with E-state index < -0.39 is 17.5 Å². The molecule has 1 heterocycles. The van der Waals surface area contributed by atoms with Crippen LogP contribution in [-0.2, 0) is 11.3 Å². The number of fused-ring (bicyclic) bond motifs is 1. The first-order valence-electron chi connectivity index (χ1n) is 9.16. The van der Waals surface area contributed by atoms with Crippen molar-refractivity contribution in [2.24, 2.45) is 5.73 Å². The zero-order chi connectivity index (χ0) is 21.1. The average molecular weight is 467 g/mol. The van der Waals surface area contributed by atoms with E-state index in [1.807, 2.05) is 13.8 Å². The van der Waals surface area contributed by atoms with Gasteiger partial charge in [0.25, 0.3) is 5.91 Å². The number of imidazole rings is 1. The maximum atomic E-state index is 15.3. The lowest BCUT2D eigenvalue weighted by Crippen LogP contribution is -2.19. The van der Waals surface area contributed by atoms with Crippen molar-refractivity contribution in [3.05, 3.63) is 52.3 Å². The van der Waals surface area contributed by atoms with Crippen LogP contribution in [0.1, 0.15) is 30.6 Å². The number of amides is 1. The van der Waals surface area contributed by atoms with Gasteiger partial charge >= 0.3 is 0 Å². The van der Waals surface area contributed by atoms with Gasteiger partial charge in [-0.3, -0.25) is 4.79 Å². The van der Waals surface area contributed by atoms with Crippen molar-refractivity contribution >= 4 is 44.2 Å². The number of primary amides is 1. The highest BCUT2D eigenvalue weighted by Gasteiger charge is 2.22. The number of anilines is 2. The first kappa shape index (κ1) is 21.2.